The van der Waals surface area contributed by atoms with Crippen LogP contribution in [-0.4, -0.2) is 38.5 Å². The molecule has 1 aliphatic rings. The molecule has 0 aromatic heterocycles. The van der Waals surface area contributed by atoms with E-state index in [1.54, 1.807) is 0 Å². The Morgan fingerprint density at radius 2 is 1.72 bits per heavy atom. The fourth-order valence-corrected chi connectivity index (χ4v) is 2.44. The van der Waals surface area contributed by atoms with Crippen LogP contribution in [0.5, 0.6) is 0 Å². The number of hydrogen-bond donors (Lipinski definition) is 1. The van der Waals surface area contributed by atoms with E-state index in [2.05, 4.69) is 19.2 Å². The maximum atomic E-state index is 5.93. The second-order valence-electron chi connectivity index (χ2n) is 5.29. The summed E-state index contributed by atoms with van der Waals surface area (Å²) >= 11 is 0. The maximum absolute atomic E-state index is 5.93. The minimum Gasteiger partial charge on any atom is -0.375 e. The molecule has 0 spiro atoms. The first kappa shape index (κ1) is 15.9. The van der Waals surface area contributed by atoms with Crippen LogP contribution in [0.25, 0.3) is 0 Å². The summed E-state index contributed by atoms with van der Waals surface area (Å²) in [6.07, 6.45) is 9.27. The lowest BCUT2D eigenvalue weighted by Gasteiger charge is -2.43. The van der Waals surface area contributed by atoms with Gasteiger partial charge in [-0.3, -0.25) is 0 Å². The van der Waals surface area contributed by atoms with E-state index in [1.807, 2.05) is 7.05 Å². The fourth-order valence-electron chi connectivity index (χ4n) is 2.44. The molecule has 3 heteroatoms. The van der Waals surface area contributed by atoms with Crippen molar-refractivity contribution in [1.82, 2.24) is 5.32 Å². The molecule has 0 amide bonds. The van der Waals surface area contributed by atoms with E-state index in [1.165, 1.54) is 32.1 Å². The van der Waals surface area contributed by atoms with Gasteiger partial charge in [-0.05, 0) is 26.3 Å². The molecule has 1 saturated carbocycles. The van der Waals surface area contributed by atoms with Crippen molar-refractivity contribution >= 4 is 0 Å². The molecular weight excluding hydrogens is 226 g/mol. The average molecular weight is 257 g/mol. The normalized spacial score (nSPS) is 27.2. The molecule has 3 atom stereocenters. The summed E-state index contributed by atoms with van der Waals surface area (Å²) < 4.78 is 11.8. The number of likely N-dealkylation sites (N-methyl/N-ethyl adjacent to an activating group) is 1. The third kappa shape index (κ3) is 5.25. The van der Waals surface area contributed by atoms with Gasteiger partial charge >= 0.3 is 0 Å². The molecule has 1 fully saturated rings. The standard InChI is InChI=1S/C15H31NO2/c1-4-6-7-8-9-11-17-14-12-13(16-3)15(14)18-10-5-2/h13-16H,4-12H2,1-3H3. The van der Waals surface area contributed by atoms with Crippen LogP contribution in [0, 0.1) is 0 Å². The molecule has 0 aromatic rings. The number of ether oxygens (including phenoxy) is 2. The van der Waals surface area contributed by atoms with E-state index in [0.717, 1.165) is 26.1 Å². The van der Waals surface area contributed by atoms with Crippen molar-refractivity contribution in [2.75, 3.05) is 20.3 Å². The molecular formula is C15H31NO2. The smallest absolute Gasteiger partial charge is 0.0990 e. The SMILES string of the molecule is CCCCCCCOC1CC(NC)C1OCCC. The Morgan fingerprint density at radius 3 is 2.39 bits per heavy atom. The summed E-state index contributed by atoms with van der Waals surface area (Å²) in [5, 5.41) is 3.30. The molecule has 0 heterocycles. The molecule has 18 heavy (non-hydrogen) atoms. The van der Waals surface area contributed by atoms with Crippen molar-refractivity contribution < 1.29 is 9.47 Å². The Hall–Kier alpha value is -0.120. The quantitative estimate of drug-likeness (QED) is 0.577. The molecule has 1 rings (SSSR count). The van der Waals surface area contributed by atoms with Gasteiger partial charge in [0.25, 0.3) is 0 Å². The molecule has 0 saturated heterocycles. The van der Waals surface area contributed by atoms with Gasteiger partial charge in [-0.1, -0.05) is 39.5 Å². The zero-order valence-electron chi connectivity index (χ0n) is 12.4. The van der Waals surface area contributed by atoms with E-state index in [0.29, 0.717) is 12.1 Å². The molecule has 0 radical (unpaired) electrons. The zero-order chi connectivity index (χ0) is 13.2. The molecule has 3 unspecified atom stereocenters. The third-order valence-electron chi connectivity index (χ3n) is 3.71. The van der Waals surface area contributed by atoms with Crippen LogP contribution in [0.15, 0.2) is 0 Å². The van der Waals surface area contributed by atoms with Gasteiger partial charge < -0.3 is 14.8 Å². The highest BCUT2D eigenvalue weighted by Gasteiger charge is 2.41. The Morgan fingerprint density at radius 1 is 0.944 bits per heavy atom. The maximum Gasteiger partial charge on any atom is 0.0990 e. The lowest BCUT2D eigenvalue weighted by Crippen LogP contribution is -2.59. The summed E-state index contributed by atoms with van der Waals surface area (Å²) in [5.41, 5.74) is 0. The van der Waals surface area contributed by atoms with Gasteiger partial charge in [-0.2, -0.15) is 0 Å². The van der Waals surface area contributed by atoms with Crippen LogP contribution in [0.2, 0.25) is 0 Å². The monoisotopic (exact) mass is 257 g/mol. The minimum absolute atomic E-state index is 0.269. The number of rotatable bonds is 11. The van der Waals surface area contributed by atoms with E-state index in [9.17, 15) is 0 Å². The Balaban J connectivity index is 2.06. The van der Waals surface area contributed by atoms with Crippen LogP contribution < -0.4 is 5.32 Å². The summed E-state index contributed by atoms with van der Waals surface area (Å²) in [7, 11) is 2.01. The first-order valence-electron chi connectivity index (χ1n) is 7.73. The van der Waals surface area contributed by atoms with E-state index in [4.69, 9.17) is 9.47 Å². The topological polar surface area (TPSA) is 30.5 Å². The predicted molar refractivity (Wildman–Crippen MR) is 76.0 cm³/mol. The van der Waals surface area contributed by atoms with Gasteiger partial charge in [-0.25, -0.2) is 0 Å². The van der Waals surface area contributed by atoms with Gasteiger partial charge in [0.05, 0.1) is 12.2 Å². The van der Waals surface area contributed by atoms with Crippen LogP contribution in [0.4, 0.5) is 0 Å². The predicted octanol–water partition coefficient (Wildman–Crippen LogP) is 3.13. The minimum atomic E-state index is 0.269. The lowest BCUT2D eigenvalue weighted by molar-refractivity contribution is -0.146. The highest BCUT2D eigenvalue weighted by molar-refractivity contribution is 4.96. The van der Waals surface area contributed by atoms with Crippen molar-refractivity contribution in [2.45, 2.75) is 77.0 Å². The molecule has 1 aliphatic carbocycles. The van der Waals surface area contributed by atoms with Crippen molar-refractivity contribution in [3.63, 3.8) is 0 Å². The van der Waals surface area contributed by atoms with Gasteiger partial charge in [0.15, 0.2) is 0 Å². The summed E-state index contributed by atoms with van der Waals surface area (Å²) in [6.45, 7) is 6.14. The molecule has 0 aliphatic heterocycles. The average Bonchev–Trinajstić information content (AvgIpc) is 2.36. The van der Waals surface area contributed by atoms with Gasteiger partial charge in [0.2, 0.25) is 0 Å². The highest BCUT2D eigenvalue weighted by Crippen LogP contribution is 2.27. The second kappa shape index (κ2) is 9.76. The van der Waals surface area contributed by atoms with E-state index in [-0.39, 0.29) is 6.10 Å². The zero-order valence-corrected chi connectivity index (χ0v) is 12.4. The molecule has 108 valence electrons. The first-order chi connectivity index (χ1) is 8.83. The molecule has 3 nitrogen and oxygen atoms in total. The van der Waals surface area contributed by atoms with Crippen molar-refractivity contribution in [2.24, 2.45) is 0 Å². The summed E-state index contributed by atoms with van der Waals surface area (Å²) in [5.74, 6) is 0. The van der Waals surface area contributed by atoms with Crippen molar-refractivity contribution in [1.29, 1.82) is 0 Å². The second-order valence-corrected chi connectivity index (χ2v) is 5.29. The Labute approximate surface area is 113 Å². The number of nitrogens with one attached hydrogen (secondary N) is 1. The van der Waals surface area contributed by atoms with Crippen LogP contribution in [0.1, 0.15) is 58.8 Å². The van der Waals surface area contributed by atoms with Crippen LogP contribution >= 0.6 is 0 Å². The van der Waals surface area contributed by atoms with Gasteiger partial charge in [0, 0.05) is 19.3 Å². The first-order valence-corrected chi connectivity index (χ1v) is 7.73. The van der Waals surface area contributed by atoms with Gasteiger partial charge in [0.1, 0.15) is 0 Å². The Kier molecular flexibility index (Phi) is 8.64. The van der Waals surface area contributed by atoms with Crippen molar-refractivity contribution in [3.05, 3.63) is 0 Å². The molecule has 0 bridgehead atoms. The fraction of sp³-hybridized carbons (Fsp3) is 1.00. The Bertz CT molecular complexity index is 199. The van der Waals surface area contributed by atoms with E-state index < -0.39 is 0 Å². The highest BCUT2D eigenvalue weighted by atomic mass is 16.5. The third-order valence-corrected chi connectivity index (χ3v) is 3.71. The summed E-state index contributed by atoms with van der Waals surface area (Å²) in [6, 6.07) is 0.488. The van der Waals surface area contributed by atoms with Crippen LogP contribution in [0.3, 0.4) is 0 Å². The van der Waals surface area contributed by atoms with Gasteiger partial charge in [-0.15, -0.1) is 0 Å². The van der Waals surface area contributed by atoms with Crippen LogP contribution in [-0.2, 0) is 9.47 Å². The van der Waals surface area contributed by atoms with E-state index >= 15 is 0 Å². The number of hydrogen-bond acceptors (Lipinski definition) is 3. The van der Waals surface area contributed by atoms with Crippen molar-refractivity contribution in [3.8, 4) is 0 Å². The molecule has 1 N–H and O–H groups in total. The lowest BCUT2D eigenvalue weighted by atomic mass is 9.85. The number of unbranched alkanes of at least 4 members (excludes halogenated alkanes) is 4. The largest absolute Gasteiger partial charge is 0.375 e. The summed E-state index contributed by atoms with van der Waals surface area (Å²) in [4.78, 5) is 0. The molecule has 0 aromatic carbocycles.